The van der Waals surface area contributed by atoms with E-state index in [4.69, 9.17) is 23.8 Å². The SMILES string of the molecule is S=c1[nH]c2ccc(Cl)cc2n1C1CC=CCC1. The molecule has 0 bridgehead atoms. The van der Waals surface area contributed by atoms with Gasteiger partial charge in [0.25, 0.3) is 0 Å². The first kappa shape index (κ1) is 11.1. The van der Waals surface area contributed by atoms with Gasteiger partial charge in [0, 0.05) is 11.1 Å². The number of halogens is 1. The van der Waals surface area contributed by atoms with Gasteiger partial charge in [-0.25, -0.2) is 0 Å². The van der Waals surface area contributed by atoms with Crippen molar-refractivity contribution in [1.82, 2.24) is 9.55 Å². The number of nitrogens with zero attached hydrogens (tertiary/aromatic N) is 1. The summed E-state index contributed by atoms with van der Waals surface area (Å²) in [6.45, 7) is 0. The van der Waals surface area contributed by atoms with Crippen LogP contribution in [0, 0.1) is 4.77 Å². The highest BCUT2D eigenvalue weighted by atomic mass is 35.5. The third-order valence-electron chi connectivity index (χ3n) is 3.29. The summed E-state index contributed by atoms with van der Waals surface area (Å²) in [5, 5.41) is 0.756. The smallest absolute Gasteiger partial charge is 0.178 e. The molecule has 88 valence electrons. The van der Waals surface area contributed by atoms with Gasteiger partial charge in [0.1, 0.15) is 0 Å². The van der Waals surface area contributed by atoms with E-state index < -0.39 is 0 Å². The van der Waals surface area contributed by atoms with E-state index in [1.54, 1.807) is 0 Å². The normalized spacial score (nSPS) is 19.9. The summed E-state index contributed by atoms with van der Waals surface area (Å²) in [5.41, 5.74) is 2.18. The molecule has 0 fully saturated rings. The molecule has 0 saturated carbocycles. The van der Waals surface area contributed by atoms with Gasteiger partial charge in [-0.2, -0.15) is 0 Å². The molecule has 1 atom stereocenters. The number of allylic oxidation sites excluding steroid dienone is 2. The van der Waals surface area contributed by atoms with Crippen molar-refractivity contribution in [3.05, 3.63) is 40.1 Å². The molecular formula is C13H13ClN2S. The van der Waals surface area contributed by atoms with Gasteiger partial charge < -0.3 is 9.55 Å². The number of benzene rings is 1. The van der Waals surface area contributed by atoms with E-state index in [1.807, 2.05) is 18.2 Å². The highest BCUT2D eigenvalue weighted by molar-refractivity contribution is 7.71. The molecule has 4 heteroatoms. The zero-order chi connectivity index (χ0) is 11.8. The van der Waals surface area contributed by atoms with Crippen molar-refractivity contribution in [1.29, 1.82) is 0 Å². The van der Waals surface area contributed by atoms with Crippen LogP contribution in [-0.4, -0.2) is 9.55 Å². The standard InChI is InChI=1S/C13H13ClN2S/c14-9-6-7-11-12(8-9)16(13(17)15-11)10-4-2-1-3-5-10/h1-2,6-8,10H,3-5H2,(H,15,17). The quantitative estimate of drug-likeness (QED) is 0.588. The van der Waals surface area contributed by atoms with Crippen LogP contribution in [0.4, 0.5) is 0 Å². The summed E-state index contributed by atoms with van der Waals surface area (Å²) in [4.78, 5) is 3.25. The van der Waals surface area contributed by atoms with Gasteiger partial charge in [0.05, 0.1) is 11.0 Å². The maximum atomic E-state index is 6.06. The van der Waals surface area contributed by atoms with E-state index in [0.717, 1.165) is 40.1 Å². The van der Waals surface area contributed by atoms with Crippen molar-refractivity contribution in [3.8, 4) is 0 Å². The maximum absolute atomic E-state index is 6.06. The average molecular weight is 265 g/mol. The molecule has 1 aromatic carbocycles. The van der Waals surface area contributed by atoms with Crippen molar-refractivity contribution >= 4 is 34.9 Å². The Kier molecular flexibility index (Phi) is 2.81. The topological polar surface area (TPSA) is 20.7 Å². The number of hydrogen-bond donors (Lipinski definition) is 1. The van der Waals surface area contributed by atoms with Gasteiger partial charge in [-0.15, -0.1) is 0 Å². The molecule has 2 nitrogen and oxygen atoms in total. The minimum Gasteiger partial charge on any atom is -0.331 e. The van der Waals surface area contributed by atoms with Crippen molar-refractivity contribution in [2.45, 2.75) is 25.3 Å². The average Bonchev–Trinajstić information content (AvgIpc) is 2.65. The van der Waals surface area contributed by atoms with Crippen LogP contribution in [0.25, 0.3) is 11.0 Å². The molecule has 0 radical (unpaired) electrons. The minimum atomic E-state index is 0.458. The predicted octanol–water partition coefficient (Wildman–Crippen LogP) is 4.63. The van der Waals surface area contributed by atoms with Crippen LogP contribution in [0.5, 0.6) is 0 Å². The molecule has 0 aliphatic heterocycles. The second kappa shape index (κ2) is 4.31. The lowest BCUT2D eigenvalue weighted by Crippen LogP contribution is -2.10. The van der Waals surface area contributed by atoms with Crippen LogP contribution in [-0.2, 0) is 0 Å². The van der Waals surface area contributed by atoms with Crippen LogP contribution in [0.3, 0.4) is 0 Å². The van der Waals surface area contributed by atoms with Gasteiger partial charge in [-0.05, 0) is 49.7 Å². The van der Waals surface area contributed by atoms with Crippen molar-refractivity contribution in [2.75, 3.05) is 0 Å². The largest absolute Gasteiger partial charge is 0.331 e. The Hall–Kier alpha value is -1.06. The van der Waals surface area contributed by atoms with E-state index >= 15 is 0 Å². The molecule has 0 spiro atoms. The molecule has 3 rings (SSSR count). The van der Waals surface area contributed by atoms with Gasteiger partial charge in [0.15, 0.2) is 4.77 Å². The number of nitrogens with one attached hydrogen (secondary N) is 1. The Morgan fingerprint density at radius 3 is 3.00 bits per heavy atom. The van der Waals surface area contributed by atoms with Crippen molar-refractivity contribution in [2.24, 2.45) is 0 Å². The summed E-state index contributed by atoms with van der Waals surface area (Å²) >= 11 is 11.5. The zero-order valence-electron chi connectivity index (χ0n) is 9.32. The molecule has 1 N–H and O–H groups in total. The van der Waals surface area contributed by atoms with Gasteiger partial charge in [0.2, 0.25) is 0 Å². The number of fused-ring (bicyclic) bond motifs is 1. The van der Waals surface area contributed by atoms with Crippen LogP contribution >= 0.6 is 23.8 Å². The predicted molar refractivity (Wildman–Crippen MR) is 74.2 cm³/mol. The maximum Gasteiger partial charge on any atom is 0.178 e. The molecule has 2 aromatic rings. The van der Waals surface area contributed by atoms with Crippen LogP contribution in [0.1, 0.15) is 25.3 Å². The third kappa shape index (κ3) is 1.94. The summed E-state index contributed by atoms with van der Waals surface area (Å²) in [7, 11) is 0. The van der Waals surface area contributed by atoms with Crippen molar-refractivity contribution in [3.63, 3.8) is 0 Å². The number of aromatic nitrogens is 2. The second-order valence-electron chi connectivity index (χ2n) is 4.40. The molecule has 1 aliphatic rings. The fourth-order valence-corrected chi connectivity index (χ4v) is 2.99. The van der Waals surface area contributed by atoms with E-state index in [9.17, 15) is 0 Å². The Balaban J connectivity index is 2.20. The molecule has 17 heavy (non-hydrogen) atoms. The van der Waals surface area contributed by atoms with E-state index in [0.29, 0.717) is 6.04 Å². The first-order valence-corrected chi connectivity index (χ1v) is 6.59. The minimum absolute atomic E-state index is 0.458. The summed E-state index contributed by atoms with van der Waals surface area (Å²) in [6, 6.07) is 6.32. The summed E-state index contributed by atoms with van der Waals surface area (Å²) in [5.74, 6) is 0. The van der Waals surface area contributed by atoms with E-state index in [2.05, 4.69) is 21.7 Å². The zero-order valence-corrected chi connectivity index (χ0v) is 10.9. The highest BCUT2D eigenvalue weighted by Gasteiger charge is 2.16. The Morgan fingerprint density at radius 2 is 2.24 bits per heavy atom. The van der Waals surface area contributed by atoms with Crippen LogP contribution in [0.15, 0.2) is 30.4 Å². The van der Waals surface area contributed by atoms with E-state index in [-0.39, 0.29) is 0 Å². The number of hydrogen-bond acceptors (Lipinski definition) is 1. The molecular weight excluding hydrogens is 252 g/mol. The molecule has 0 saturated heterocycles. The van der Waals surface area contributed by atoms with Crippen molar-refractivity contribution < 1.29 is 0 Å². The highest BCUT2D eigenvalue weighted by Crippen LogP contribution is 2.29. The van der Waals surface area contributed by atoms with Gasteiger partial charge in [-0.1, -0.05) is 23.8 Å². The Morgan fingerprint density at radius 1 is 1.35 bits per heavy atom. The second-order valence-corrected chi connectivity index (χ2v) is 5.22. The van der Waals surface area contributed by atoms with Crippen LogP contribution < -0.4 is 0 Å². The van der Waals surface area contributed by atoms with Crippen LogP contribution in [0.2, 0.25) is 5.02 Å². The molecule has 1 unspecified atom stereocenters. The van der Waals surface area contributed by atoms with Gasteiger partial charge >= 0.3 is 0 Å². The fourth-order valence-electron chi connectivity index (χ4n) is 2.47. The Bertz CT molecular complexity index is 638. The number of rotatable bonds is 1. The molecule has 0 amide bonds. The van der Waals surface area contributed by atoms with Gasteiger partial charge in [-0.3, -0.25) is 0 Å². The number of aromatic amines is 1. The number of H-pyrrole nitrogens is 1. The van der Waals surface area contributed by atoms with E-state index in [1.165, 1.54) is 0 Å². The lowest BCUT2D eigenvalue weighted by atomic mass is 10.0. The lowest BCUT2D eigenvalue weighted by molar-refractivity contribution is 0.467. The summed E-state index contributed by atoms with van der Waals surface area (Å²) < 4.78 is 3.00. The summed E-state index contributed by atoms with van der Waals surface area (Å²) in [6.07, 6.45) is 7.79. The molecule has 1 aliphatic carbocycles. The fraction of sp³-hybridized carbons (Fsp3) is 0.308. The Labute approximate surface area is 110 Å². The molecule has 1 heterocycles. The number of imidazole rings is 1. The third-order valence-corrected chi connectivity index (χ3v) is 3.82. The first-order chi connectivity index (χ1) is 8.25. The molecule has 1 aromatic heterocycles. The first-order valence-electron chi connectivity index (χ1n) is 5.80. The lowest BCUT2D eigenvalue weighted by Gasteiger charge is -2.20. The monoisotopic (exact) mass is 264 g/mol.